The summed E-state index contributed by atoms with van der Waals surface area (Å²) in [5, 5.41) is 2.85. The van der Waals surface area contributed by atoms with Gasteiger partial charge in [0.25, 0.3) is 0 Å². The average molecular weight is 387 g/mol. The Morgan fingerprint density at radius 3 is 2.62 bits per heavy atom. The van der Waals surface area contributed by atoms with Crippen LogP contribution >= 0.6 is 34.5 Å². The largest absolute Gasteiger partial charge is 0.492 e. The fraction of sp³-hybridized carbons (Fsp3) is 0.250. The summed E-state index contributed by atoms with van der Waals surface area (Å²) in [5.41, 5.74) is 4.77. The van der Waals surface area contributed by atoms with Crippen molar-refractivity contribution in [3.05, 3.63) is 50.6 Å². The van der Waals surface area contributed by atoms with E-state index < -0.39 is 0 Å². The van der Waals surface area contributed by atoms with Crippen LogP contribution in [0.4, 0.5) is 0 Å². The Morgan fingerprint density at radius 2 is 1.92 bits per heavy atom. The minimum absolute atomic E-state index is 0.227. The van der Waals surface area contributed by atoms with E-state index in [1.54, 1.807) is 18.2 Å². The molecule has 2 rings (SSSR count). The number of nitrogens with one attached hydrogen (secondary N) is 2. The van der Waals surface area contributed by atoms with Gasteiger partial charge in [-0.05, 0) is 36.1 Å². The second-order valence-electron chi connectivity index (χ2n) is 4.88. The molecule has 0 aliphatic carbocycles. The third-order valence-corrected chi connectivity index (χ3v) is 4.36. The standard InChI is InChI=1S/C16H16Cl2N2O3S/c17-11-5-6-14(13(18)9-11)23-7-1-4-15(21)19-20-16(22)10-12-3-2-8-24-12/h2-3,5-6,8-9H,1,4,7,10H2,(H,19,21)(H,20,22). The number of rotatable bonds is 7. The summed E-state index contributed by atoms with van der Waals surface area (Å²) in [4.78, 5) is 24.2. The van der Waals surface area contributed by atoms with Crippen LogP contribution in [-0.2, 0) is 16.0 Å². The summed E-state index contributed by atoms with van der Waals surface area (Å²) in [6.45, 7) is 0.331. The molecule has 0 radical (unpaired) electrons. The van der Waals surface area contributed by atoms with Crippen LogP contribution < -0.4 is 15.6 Å². The van der Waals surface area contributed by atoms with Crippen molar-refractivity contribution in [2.45, 2.75) is 19.3 Å². The second-order valence-corrected chi connectivity index (χ2v) is 6.76. The smallest absolute Gasteiger partial charge is 0.243 e. The summed E-state index contributed by atoms with van der Waals surface area (Å²) in [5.74, 6) is -0.0129. The zero-order chi connectivity index (χ0) is 17.4. The molecular formula is C16H16Cl2N2O3S. The Balaban J connectivity index is 1.60. The Labute approximate surface area is 153 Å². The lowest BCUT2D eigenvalue weighted by molar-refractivity contribution is -0.128. The SMILES string of the molecule is O=C(CCCOc1ccc(Cl)cc1Cl)NNC(=O)Cc1cccs1. The van der Waals surface area contributed by atoms with Gasteiger partial charge in [0.05, 0.1) is 18.1 Å². The molecule has 0 fully saturated rings. The normalized spacial score (nSPS) is 10.2. The monoisotopic (exact) mass is 386 g/mol. The molecule has 24 heavy (non-hydrogen) atoms. The van der Waals surface area contributed by atoms with Crippen LogP contribution in [-0.4, -0.2) is 18.4 Å². The maximum Gasteiger partial charge on any atom is 0.243 e. The van der Waals surface area contributed by atoms with E-state index in [-0.39, 0.29) is 24.7 Å². The summed E-state index contributed by atoms with van der Waals surface area (Å²) in [6, 6.07) is 8.69. The molecule has 2 amide bonds. The van der Waals surface area contributed by atoms with Gasteiger partial charge in [0.15, 0.2) is 0 Å². The van der Waals surface area contributed by atoms with Crippen molar-refractivity contribution < 1.29 is 14.3 Å². The third-order valence-electron chi connectivity index (χ3n) is 2.96. The molecule has 0 aliphatic rings. The van der Waals surface area contributed by atoms with Gasteiger partial charge in [0, 0.05) is 16.3 Å². The van der Waals surface area contributed by atoms with Crippen LogP contribution in [0.2, 0.25) is 10.0 Å². The number of amides is 2. The Hall–Kier alpha value is -1.76. The molecule has 1 aromatic heterocycles. The van der Waals surface area contributed by atoms with Crippen LogP contribution in [0.25, 0.3) is 0 Å². The van der Waals surface area contributed by atoms with Gasteiger partial charge in [-0.1, -0.05) is 29.3 Å². The molecule has 0 spiro atoms. The molecule has 0 aliphatic heterocycles. The quantitative estimate of drug-likeness (QED) is 0.564. The molecule has 0 saturated carbocycles. The highest BCUT2D eigenvalue weighted by atomic mass is 35.5. The van der Waals surface area contributed by atoms with E-state index in [0.29, 0.717) is 28.8 Å². The van der Waals surface area contributed by atoms with Gasteiger partial charge in [0.1, 0.15) is 5.75 Å². The van der Waals surface area contributed by atoms with Gasteiger partial charge in [-0.2, -0.15) is 0 Å². The van der Waals surface area contributed by atoms with Crippen molar-refractivity contribution in [1.82, 2.24) is 10.9 Å². The van der Waals surface area contributed by atoms with Crippen molar-refractivity contribution in [3.8, 4) is 5.75 Å². The average Bonchev–Trinajstić information content (AvgIpc) is 3.04. The lowest BCUT2D eigenvalue weighted by Crippen LogP contribution is -2.42. The minimum Gasteiger partial charge on any atom is -0.492 e. The lowest BCUT2D eigenvalue weighted by Gasteiger charge is -2.09. The van der Waals surface area contributed by atoms with Gasteiger partial charge in [-0.25, -0.2) is 0 Å². The summed E-state index contributed by atoms with van der Waals surface area (Å²) in [6.07, 6.45) is 0.964. The van der Waals surface area contributed by atoms with E-state index in [0.717, 1.165) is 4.88 Å². The van der Waals surface area contributed by atoms with Gasteiger partial charge < -0.3 is 4.74 Å². The number of hydrogen-bond acceptors (Lipinski definition) is 4. The van der Waals surface area contributed by atoms with E-state index in [1.807, 2.05) is 17.5 Å². The molecule has 2 aromatic rings. The van der Waals surface area contributed by atoms with Crippen molar-refractivity contribution in [3.63, 3.8) is 0 Å². The number of hydrazine groups is 1. The molecule has 0 saturated heterocycles. The van der Waals surface area contributed by atoms with E-state index >= 15 is 0 Å². The van der Waals surface area contributed by atoms with Crippen molar-refractivity contribution in [2.24, 2.45) is 0 Å². The predicted molar refractivity (Wildman–Crippen MR) is 95.5 cm³/mol. The molecule has 128 valence electrons. The van der Waals surface area contributed by atoms with Crippen LogP contribution in [0.15, 0.2) is 35.7 Å². The van der Waals surface area contributed by atoms with Crippen molar-refractivity contribution in [1.29, 1.82) is 0 Å². The third kappa shape index (κ3) is 6.39. The number of ether oxygens (including phenoxy) is 1. The first-order valence-corrected chi connectivity index (χ1v) is 8.86. The van der Waals surface area contributed by atoms with E-state index in [4.69, 9.17) is 27.9 Å². The molecule has 0 atom stereocenters. The fourth-order valence-corrected chi connectivity index (χ4v) is 2.99. The molecule has 8 heteroatoms. The van der Waals surface area contributed by atoms with Crippen LogP contribution in [0, 0.1) is 0 Å². The number of carbonyl (C=O) groups excluding carboxylic acids is 2. The molecular weight excluding hydrogens is 371 g/mol. The number of thiophene rings is 1. The number of carbonyl (C=O) groups is 2. The zero-order valence-electron chi connectivity index (χ0n) is 12.7. The molecule has 1 aromatic carbocycles. The van der Waals surface area contributed by atoms with Crippen molar-refractivity contribution in [2.75, 3.05) is 6.61 Å². The predicted octanol–water partition coefficient (Wildman–Crippen LogP) is 3.60. The second kappa shape index (κ2) is 9.52. The summed E-state index contributed by atoms with van der Waals surface area (Å²) in [7, 11) is 0. The van der Waals surface area contributed by atoms with E-state index in [1.165, 1.54) is 11.3 Å². The Bertz CT molecular complexity index is 693. The number of hydrogen-bond donors (Lipinski definition) is 2. The fourth-order valence-electron chi connectivity index (χ4n) is 1.82. The van der Waals surface area contributed by atoms with Crippen LogP contribution in [0.1, 0.15) is 17.7 Å². The summed E-state index contributed by atoms with van der Waals surface area (Å²) < 4.78 is 5.48. The minimum atomic E-state index is -0.277. The lowest BCUT2D eigenvalue weighted by atomic mass is 10.3. The number of benzene rings is 1. The molecule has 0 unspecified atom stereocenters. The summed E-state index contributed by atoms with van der Waals surface area (Å²) >= 11 is 13.3. The molecule has 5 nitrogen and oxygen atoms in total. The molecule has 2 N–H and O–H groups in total. The zero-order valence-corrected chi connectivity index (χ0v) is 15.0. The molecule has 0 bridgehead atoms. The maximum absolute atomic E-state index is 11.7. The maximum atomic E-state index is 11.7. The van der Waals surface area contributed by atoms with Gasteiger partial charge in [-0.3, -0.25) is 20.4 Å². The van der Waals surface area contributed by atoms with Gasteiger partial charge in [-0.15, -0.1) is 11.3 Å². The highest BCUT2D eigenvalue weighted by molar-refractivity contribution is 7.10. The van der Waals surface area contributed by atoms with Crippen molar-refractivity contribution >= 4 is 46.4 Å². The number of halogens is 2. The Morgan fingerprint density at radius 1 is 1.12 bits per heavy atom. The van der Waals surface area contributed by atoms with Crippen LogP contribution in [0.5, 0.6) is 5.75 Å². The Kier molecular flexibility index (Phi) is 7.36. The highest BCUT2D eigenvalue weighted by Gasteiger charge is 2.07. The van der Waals surface area contributed by atoms with Gasteiger partial charge >= 0.3 is 0 Å². The topological polar surface area (TPSA) is 67.4 Å². The van der Waals surface area contributed by atoms with Gasteiger partial charge in [0.2, 0.25) is 11.8 Å². The highest BCUT2D eigenvalue weighted by Crippen LogP contribution is 2.27. The van der Waals surface area contributed by atoms with E-state index in [9.17, 15) is 9.59 Å². The first kappa shape index (κ1) is 18.6. The van der Waals surface area contributed by atoms with Crippen LogP contribution in [0.3, 0.4) is 0 Å². The first-order valence-electron chi connectivity index (χ1n) is 7.22. The van der Waals surface area contributed by atoms with E-state index in [2.05, 4.69) is 10.9 Å². The first-order chi connectivity index (χ1) is 11.5. The molecule has 1 heterocycles.